The van der Waals surface area contributed by atoms with E-state index in [0.717, 1.165) is 0 Å². The van der Waals surface area contributed by atoms with Crippen LogP contribution in [-0.2, 0) is 10.0 Å². The van der Waals surface area contributed by atoms with E-state index in [9.17, 15) is 13.5 Å². The molecule has 6 nitrogen and oxygen atoms in total. The fourth-order valence-electron chi connectivity index (χ4n) is 1.77. The SMILES string of the molecule is CC(C)(C)C(O)CNS(=O)(=O)c1c[nH]c2nccc(Cl)c12. The average Bonchev–Trinajstić information content (AvgIpc) is 2.81. The summed E-state index contributed by atoms with van der Waals surface area (Å²) in [6, 6.07) is 1.53. The Morgan fingerprint density at radius 3 is 2.76 bits per heavy atom. The molecule has 1 atom stereocenters. The highest BCUT2D eigenvalue weighted by atomic mass is 35.5. The van der Waals surface area contributed by atoms with Gasteiger partial charge < -0.3 is 10.1 Å². The van der Waals surface area contributed by atoms with Gasteiger partial charge in [-0.05, 0) is 11.5 Å². The van der Waals surface area contributed by atoms with Gasteiger partial charge in [0, 0.05) is 18.9 Å². The van der Waals surface area contributed by atoms with Crippen LogP contribution in [0.3, 0.4) is 0 Å². The number of aliphatic hydroxyl groups excluding tert-OH is 1. The lowest BCUT2D eigenvalue weighted by molar-refractivity contribution is 0.0677. The van der Waals surface area contributed by atoms with Gasteiger partial charge in [0.05, 0.1) is 16.5 Å². The Morgan fingerprint density at radius 1 is 1.48 bits per heavy atom. The summed E-state index contributed by atoms with van der Waals surface area (Å²) in [4.78, 5) is 6.83. The van der Waals surface area contributed by atoms with Crippen LogP contribution in [0.15, 0.2) is 23.4 Å². The second-order valence-electron chi connectivity index (χ2n) is 5.90. The molecule has 3 N–H and O–H groups in total. The van der Waals surface area contributed by atoms with Gasteiger partial charge in [0.2, 0.25) is 10.0 Å². The standard InChI is InChI=1S/C13H18ClN3O3S/c1-13(2,3)10(18)7-17-21(19,20)9-6-16-12-11(9)8(14)4-5-15-12/h4-6,10,17-18H,7H2,1-3H3,(H,15,16). The number of aromatic nitrogens is 2. The lowest BCUT2D eigenvalue weighted by Crippen LogP contribution is -2.39. The molecule has 0 aromatic carbocycles. The number of hydrogen-bond donors (Lipinski definition) is 3. The van der Waals surface area contributed by atoms with E-state index in [0.29, 0.717) is 16.1 Å². The summed E-state index contributed by atoms with van der Waals surface area (Å²) < 4.78 is 27.1. The van der Waals surface area contributed by atoms with Crippen LogP contribution < -0.4 is 4.72 Å². The van der Waals surface area contributed by atoms with E-state index in [-0.39, 0.29) is 11.4 Å². The third-order valence-electron chi connectivity index (χ3n) is 3.24. The first-order valence-electron chi connectivity index (χ1n) is 6.42. The Kier molecular flexibility index (Phi) is 4.30. The number of fused-ring (bicyclic) bond motifs is 1. The number of nitrogens with zero attached hydrogens (tertiary/aromatic N) is 1. The zero-order valence-corrected chi connectivity index (χ0v) is 13.6. The third kappa shape index (κ3) is 3.37. The largest absolute Gasteiger partial charge is 0.391 e. The molecule has 0 aliphatic heterocycles. The van der Waals surface area contributed by atoms with Crippen molar-refractivity contribution in [1.82, 2.24) is 14.7 Å². The zero-order chi connectivity index (χ0) is 15.8. The van der Waals surface area contributed by atoms with Gasteiger partial charge in [-0.3, -0.25) is 0 Å². The molecule has 0 amide bonds. The van der Waals surface area contributed by atoms with E-state index >= 15 is 0 Å². The van der Waals surface area contributed by atoms with Gasteiger partial charge in [-0.2, -0.15) is 0 Å². The van der Waals surface area contributed by atoms with Crippen LogP contribution in [0.25, 0.3) is 11.0 Å². The van der Waals surface area contributed by atoms with Gasteiger partial charge >= 0.3 is 0 Å². The minimum absolute atomic E-state index is 0.0247. The first kappa shape index (κ1) is 16.2. The molecule has 0 radical (unpaired) electrons. The van der Waals surface area contributed by atoms with E-state index in [2.05, 4.69) is 14.7 Å². The second-order valence-corrected chi connectivity index (χ2v) is 8.05. The summed E-state index contributed by atoms with van der Waals surface area (Å²) >= 11 is 6.04. The molecule has 116 valence electrons. The molecule has 21 heavy (non-hydrogen) atoms. The summed E-state index contributed by atoms with van der Waals surface area (Å²) in [6.07, 6.45) is 2.04. The van der Waals surface area contributed by atoms with E-state index in [1.165, 1.54) is 18.5 Å². The Hall–Kier alpha value is -1.15. The second kappa shape index (κ2) is 5.57. The number of hydrogen-bond acceptors (Lipinski definition) is 4. The van der Waals surface area contributed by atoms with Crippen molar-refractivity contribution in [2.75, 3.05) is 6.54 Å². The van der Waals surface area contributed by atoms with Gasteiger partial charge in [-0.25, -0.2) is 18.1 Å². The number of H-pyrrole nitrogens is 1. The Bertz CT molecular complexity index is 750. The quantitative estimate of drug-likeness (QED) is 0.797. The van der Waals surface area contributed by atoms with Crippen molar-refractivity contribution >= 4 is 32.7 Å². The molecular formula is C13H18ClN3O3S. The van der Waals surface area contributed by atoms with Crippen LogP contribution >= 0.6 is 11.6 Å². The highest BCUT2D eigenvalue weighted by Crippen LogP contribution is 2.28. The lowest BCUT2D eigenvalue weighted by atomic mass is 9.89. The number of sulfonamides is 1. The van der Waals surface area contributed by atoms with Crippen molar-refractivity contribution in [2.24, 2.45) is 5.41 Å². The number of nitrogens with one attached hydrogen (secondary N) is 2. The van der Waals surface area contributed by atoms with Crippen molar-refractivity contribution < 1.29 is 13.5 Å². The summed E-state index contributed by atoms with van der Waals surface area (Å²) in [5.41, 5.74) is -0.0127. The Morgan fingerprint density at radius 2 is 2.14 bits per heavy atom. The van der Waals surface area contributed by atoms with E-state index in [1.807, 2.05) is 20.8 Å². The number of halogens is 1. The number of aromatic amines is 1. The van der Waals surface area contributed by atoms with E-state index < -0.39 is 21.5 Å². The van der Waals surface area contributed by atoms with Gasteiger partial charge in [-0.1, -0.05) is 32.4 Å². The molecule has 0 aliphatic rings. The summed E-state index contributed by atoms with van der Waals surface area (Å²) in [6.45, 7) is 5.42. The lowest BCUT2D eigenvalue weighted by Gasteiger charge is -2.25. The average molecular weight is 332 g/mol. The van der Waals surface area contributed by atoms with Crippen LogP contribution in [0.2, 0.25) is 5.02 Å². The van der Waals surface area contributed by atoms with Gasteiger partial charge in [0.15, 0.2) is 0 Å². The van der Waals surface area contributed by atoms with Crippen LogP contribution in [-0.4, -0.2) is 36.1 Å². The van der Waals surface area contributed by atoms with Crippen molar-refractivity contribution in [2.45, 2.75) is 31.8 Å². The maximum atomic E-state index is 12.4. The normalized spacial score (nSPS) is 14.5. The molecule has 0 saturated carbocycles. The molecule has 0 fully saturated rings. The smallest absolute Gasteiger partial charge is 0.242 e. The monoisotopic (exact) mass is 331 g/mol. The third-order valence-corrected chi connectivity index (χ3v) is 5.01. The zero-order valence-electron chi connectivity index (χ0n) is 12.0. The molecule has 8 heteroatoms. The molecule has 2 rings (SSSR count). The van der Waals surface area contributed by atoms with Gasteiger partial charge in [-0.15, -0.1) is 0 Å². The molecule has 0 saturated heterocycles. The number of rotatable bonds is 4. The predicted octanol–water partition coefficient (Wildman–Crippen LogP) is 1.90. The predicted molar refractivity (Wildman–Crippen MR) is 81.8 cm³/mol. The van der Waals surface area contributed by atoms with Crippen LogP contribution in [0, 0.1) is 5.41 Å². The van der Waals surface area contributed by atoms with E-state index in [1.54, 1.807) is 0 Å². The molecule has 0 aliphatic carbocycles. The first-order chi connectivity index (χ1) is 9.63. The first-order valence-corrected chi connectivity index (χ1v) is 8.28. The Balaban J connectivity index is 2.31. The fraction of sp³-hybridized carbons (Fsp3) is 0.462. The van der Waals surface area contributed by atoms with Crippen molar-refractivity contribution in [1.29, 1.82) is 0 Å². The van der Waals surface area contributed by atoms with Crippen molar-refractivity contribution in [3.8, 4) is 0 Å². The van der Waals surface area contributed by atoms with Crippen LogP contribution in [0.1, 0.15) is 20.8 Å². The van der Waals surface area contributed by atoms with Crippen LogP contribution in [0.5, 0.6) is 0 Å². The Labute approximate surface area is 128 Å². The molecule has 0 spiro atoms. The fourth-order valence-corrected chi connectivity index (χ4v) is 3.30. The topological polar surface area (TPSA) is 95.1 Å². The van der Waals surface area contributed by atoms with Gasteiger partial charge in [0.1, 0.15) is 10.5 Å². The summed E-state index contributed by atoms with van der Waals surface area (Å²) in [7, 11) is -3.79. The van der Waals surface area contributed by atoms with Gasteiger partial charge in [0.25, 0.3) is 0 Å². The molecular weight excluding hydrogens is 314 g/mol. The number of pyridine rings is 1. The highest BCUT2D eigenvalue weighted by Gasteiger charge is 2.26. The minimum atomic E-state index is -3.79. The molecule has 2 aromatic rings. The highest BCUT2D eigenvalue weighted by molar-refractivity contribution is 7.89. The van der Waals surface area contributed by atoms with Crippen molar-refractivity contribution in [3.63, 3.8) is 0 Å². The van der Waals surface area contributed by atoms with Crippen molar-refractivity contribution in [3.05, 3.63) is 23.5 Å². The minimum Gasteiger partial charge on any atom is -0.391 e. The molecule has 1 unspecified atom stereocenters. The van der Waals surface area contributed by atoms with Crippen LogP contribution in [0.4, 0.5) is 0 Å². The summed E-state index contributed by atoms with van der Waals surface area (Å²) in [5.74, 6) is 0. The summed E-state index contributed by atoms with van der Waals surface area (Å²) in [5, 5.41) is 10.6. The maximum Gasteiger partial charge on any atom is 0.242 e. The van der Waals surface area contributed by atoms with E-state index in [4.69, 9.17) is 11.6 Å². The maximum absolute atomic E-state index is 12.4. The molecule has 2 heterocycles. The molecule has 0 bridgehead atoms. The molecule has 2 aromatic heterocycles. The number of aliphatic hydroxyl groups is 1.